The molecule has 0 bridgehead atoms. The van der Waals surface area contributed by atoms with Crippen LogP contribution in [0.3, 0.4) is 0 Å². The maximum absolute atomic E-state index is 6.15. The summed E-state index contributed by atoms with van der Waals surface area (Å²) in [6.07, 6.45) is 0. The maximum Gasteiger partial charge on any atom is 0.163 e. The molecule has 0 saturated carbocycles. The number of nitrogens with two attached hydrogens (primary N) is 1. The van der Waals surface area contributed by atoms with E-state index in [0.29, 0.717) is 19.8 Å². The minimum Gasteiger partial charge on any atom is -0.486 e. The third-order valence-corrected chi connectivity index (χ3v) is 3.46. The fourth-order valence-corrected chi connectivity index (χ4v) is 2.59. The van der Waals surface area contributed by atoms with Crippen molar-refractivity contribution in [2.24, 2.45) is 0 Å². The molecule has 2 aliphatic heterocycles. The zero-order chi connectivity index (χ0) is 13.5. The molecule has 0 aliphatic carbocycles. The van der Waals surface area contributed by atoms with Crippen molar-refractivity contribution in [2.45, 2.75) is 19.4 Å². The number of anilines is 2. The third kappa shape index (κ3) is 2.42. The van der Waals surface area contributed by atoms with E-state index >= 15 is 0 Å². The SMILES string of the molecule is CC1(C)CN(c2cc3c(cc2N)OCCO3)CCO1. The summed E-state index contributed by atoms with van der Waals surface area (Å²) in [7, 11) is 0. The van der Waals surface area contributed by atoms with Crippen LogP contribution < -0.4 is 20.1 Å². The molecule has 0 amide bonds. The molecule has 3 rings (SSSR count). The van der Waals surface area contributed by atoms with Gasteiger partial charge in [-0.05, 0) is 13.8 Å². The quantitative estimate of drug-likeness (QED) is 0.782. The van der Waals surface area contributed by atoms with E-state index in [4.69, 9.17) is 19.9 Å². The predicted molar refractivity (Wildman–Crippen MR) is 74.1 cm³/mol. The number of benzene rings is 1. The Bertz CT molecular complexity index is 488. The molecule has 2 heterocycles. The Morgan fingerprint density at radius 1 is 1.11 bits per heavy atom. The van der Waals surface area contributed by atoms with Crippen LogP contribution >= 0.6 is 0 Å². The van der Waals surface area contributed by atoms with Gasteiger partial charge in [0, 0.05) is 25.2 Å². The van der Waals surface area contributed by atoms with Gasteiger partial charge in [0.1, 0.15) is 13.2 Å². The third-order valence-electron chi connectivity index (χ3n) is 3.46. The van der Waals surface area contributed by atoms with Crippen molar-refractivity contribution in [3.8, 4) is 11.5 Å². The molecule has 0 aromatic heterocycles. The topological polar surface area (TPSA) is 57.0 Å². The molecule has 0 radical (unpaired) electrons. The molecule has 5 heteroatoms. The number of morpholine rings is 1. The van der Waals surface area contributed by atoms with Gasteiger partial charge in [-0.15, -0.1) is 0 Å². The number of rotatable bonds is 1. The number of fused-ring (bicyclic) bond motifs is 1. The molecule has 2 N–H and O–H groups in total. The van der Waals surface area contributed by atoms with Gasteiger partial charge in [-0.2, -0.15) is 0 Å². The molecular formula is C14H20N2O3. The van der Waals surface area contributed by atoms with Crippen molar-refractivity contribution < 1.29 is 14.2 Å². The van der Waals surface area contributed by atoms with E-state index in [1.54, 1.807) is 0 Å². The number of ether oxygens (including phenoxy) is 3. The van der Waals surface area contributed by atoms with Gasteiger partial charge in [0.15, 0.2) is 11.5 Å². The zero-order valence-corrected chi connectivity index (χ0v) is 11.4. The lowest BCUT2D eigenvalue weighted by atomic mass is 10.1. The van der Waals surface area contributed by atoms with Crippen molar-refractivity contribution in [1.82, 2.24) is 0 Å². The highest BCUT2D eigenvalue weighted by molar-refractivity contribution is 5.73. The van der Waals surface area contributed by atoms with E-state index < -0.39 is 0 Å². The first-order chi connectivity index (χ1) is 9.05. The summed E-state index contributed by atoms with van der Waals surface area (Å²) in [4.78, 5) is 2.25. The fraction of sp³-hybridized carbons (Fsp3) is 0.571. The Balaban J connectivity index is 1.91. The van der Waals surface area contributed by atoms with Crippen molar-refractivity contribution in [1.29, 1.82) is 0 Å². The fourth-order valence-electron chi connectivity index (χ4n) is 2.59. The molecule has 1 saturated heterocycles. The second kappa shape index (κ2) is 4.49. The lowest BCUT2D eigenvalue weighted by Gasteiger charge is -2.40. The van der Waals surface area contributed by atoms with Gasteiger partial charge in [-0.1, -0.05) is 0 Å². The molecule has 1 aromatic rings. The molecule has 1 fully saturated rings. The summed E-state index contributed by atoms with van der Waals surface area (Å²) < 4.78 is 16.9. The van der Waals surface area contributed by atoms with E-state index in [-0.39, 0.29) is 5.60 Å². The Hall–Kier alpha value is -1.62. The molecule has 1 aromatic carbocycles. The monoisotopic (exact) mass is 264 g/mol. The first-order valence-corrected chi connectivity index (χ1v) is 6.63. The van der Waals surface area contributed by atoms with Gasteiger partial charge in [0.05, 0.1) is 23.6 Å². The average molecular weight is 264 g/mol. The second-order valence-corrected chi connectivity index (χ2v) is 5.58. The summed E-state index contributed by atoms with van der Waals surface area (Å²) in [6.45, 7) is 7.72. The molecule has 19 heavy (non-hydrogen) atoms. The van der Waals surface area contributed by atoms with Crippen LogP contribution in [0, 0.1) is 0 Å². The van der Waals surface area contributed by atoms with E-state index in [0.717, 1.165) is 36.0 Å². The molecule has 0 spiro atoms. The van der Waals surface area contributed by atoms with Gasteiger partial charge >= 0.3 is 0 Å². The van der Waals surface area contributed by atoms with E-state index in [1.165, 1.54) is 0 Å². The first kappa shape index (κ1) is 12.4. The van der Waals surface area contributed by atoms with Crippen LogP contribution in [0.4, 0.5) is 11.4 Å². The lowest BCUT2D eigenvalue weighted by Crippen LogP contribution is -2.48. The molecule has 0 atom stereocenters. The molecule has 2 aliphatic rings. The second-order valence-electron chi connectivity index (χ2n) is 5.58. The Morgan fingerprint density at radius 3 is 2.47 bits per heavy atom. The lowest BCUT2D eigenvalue weighted by molar-refractivity contribution is -0.0276. The van der Waals surface area contributed by atoms with Crippen molar-refractivity contribution >= 4 is 11.4 Å². The largest absolute Gasteiger partial charge is 0.486 e. The predicted octanol–water partition coefficient (Wildman–Crippen LogP) is 1.66. The molecule has 0 unspecified atom stereocenters. The van der Waals surface area contributed by atoms with Crippen LogP contribution in [-0.2, 0) is 4.74 Å². The van der Waals surface area contributed by atoms with Crippen molar-refractivity contribution in [3.05, 3.63) is 12.1 Å². The van der Waals surface area contributed by atoms with Crippen molar-refractivity contribution in [2.75, 3.05) is 43.5 Å². The van der Waals surface area contributed by atoms with Crippen LogP contribution in [0.15, 0.2) is 12.1 Å². The van der Waals surface area contributed by atoms with Gasteiger partial charge in [-0.3, -0.25) is 0 Å². The first-order valence-electron chi connectivity index (χ1n) is 6.63. The highest BCUT2D eigenvalue weighted by Crippen LogP contribution is 2.39. The number of nitrogen functional groups attached to an aromatic ring is 1. The standard InChI is InChI=1S/C14H20N2O3/c1-14(2)9-16(3-4-19-14)11-8-13-12(7-10(11)15)17-5-6-18-13/h7-8H,3-6,9,15H2,1-2H3. The Labute approximate surface area is 113 Å². The minimum atomic E-state index is -0.155. The molecule has 104 valence electrons. The van der Waals surface area contributed by atoms with Crippen LogP contribution in [0.25, 0.3) is 0 Å². The summed E-state index contributed by atoms with van der Waals surface area (Å²) in [5.74, 6) is 1.51. The van der Waals surface area contributed by atoms with Gasteiger partial charge in [-0.25, -0.2) is 0 Å². The number of nitrogens with zero attached hydrogens (tertiary/aromatic N) is 1. The highest BCUT2D eigenvalue weighted by Gasteiger charge is 2.29. The normalized spacial score (nSPS) is 21.3. The summed E-state index contributed by atoms with van der Waals surface area (Å²) >= 11 is 0. The average Bonchev–Trinajstić information content (AvgIpc) is 2.36. The van der Waals surface area contributed by atoms with Crippen LogP contribution in [0.1, 0.15) is 13.8 Å². The summed E-state index contributed by atoms with van der Waals surface area (Å²) in [5.41, 5.74) is 7.72. The maximum atomic E-state index is 6.15. The number of hydrogen-bond donors (Lipinski definition) is 1. The van der Waals surface area contributed by atoms with Crippen LogP contribution in [0.5, 0.6) is 11.5 Å². The molecular weight excluding hydrogens is 244 g/mol. The highest BCUT2D eigenvalue weighted by atomic mass is 16.6. The van der Waals surface area contributed by atoms with Crippen LogP contribution in [-0.4, -0.2) is 38.5 Å². The van der Waals surface area contributed by atoms with Crippen molar-refractivity contribution in [3.63, 3.8) is 0 Å². The van der Waals surface area contributed by atoms with Gasteiger partial charge in [0.2, 0.25) is 0 Å². The minimum absolute atomic E-state index is 0.155. The Morgan fingerprint density at radius 2 is 1.79 bits per heavy atom. The van der Waals surface area contributed by atoms with E-state index in [2.05, 4.69) is 18.7 Å². The van der Waals surface area contributed by atoms with Gasteiger partial charge in [0.25, 0.3) is 0 Å². The van der Waals surface area contributed by atoms with Gasteiger partial charge < -0.3 is 24.8 Å². The Kier molecular flexibility index (Phi) is 2.93. The zero-order valence-electron chi connectivity index (χ0n) is 11.4. The number of hydrogen-bond acceptors (Lipinski definition) is 5. The van der Waals surface area contributed by atoms with Crippen LogP contribution in [0.2, 0.25) is 0 Å². The smallest absolute Gasteiger partial charge is 0.163 e. The summed E-state index contributed by atoms with van der Waals surface area (Å²) in [5, 5.41) is 0. The summed E-state index contributed by atoms with van der Waals surface area (Å²) in [6, 6.07) is 3.83. The van der Waals surface area contributed by atoms with E-state index in [1.807, 2.05) is 12.1 Å². The van der Waals surface area contributed by atoms with E-state index in [9.17, 15) is 0 Å². The molecule has 5 nitrogen and oxygen atoms in total.